The summed E-state index contributed by atoms with van der Waals surface area (Å²) in [6.45, 7) is 4.75. The van der Waals surface area contributed by atoms with Crippen molar-refractivity contribution in [1.82, 2.24) is 24.6 Å². The van der Waals surface area contributed by atoms with Gasteiger partial charge in [0.15, 0.2) is 11.5 Å². The van der Waals surface area contributed by atoms with Gasteiger partial charge in [-0.2, -0.15) is 9.78 Å². The Balaban J connectivity index is 1.55. The molecule has 4 aromatic rings. The Morgan fingerprint density at radius 2 is 1.88 bits per heavy atom. The number of nitriles is 1. The summed E-state index contributed by atoms with van der Waals surface area (Å²) in [6, 6.07) is 6.71. The maximum Gasteiger partial charge on any atom is 0.280 e. The van der Waals surface area contributed by atoms with E-state index in [0.717, 1.165) is 38.5 Å². The largest absolute Gasteiger partial charge is 0.350 e. The summed E-state index contributed by atoms with van der Waals surface area (Å²) in [5.74, 6) is 0.600. The number of aromatic nitrogens is 5. The molecule has 170 valence electrons. The highest BCUT2D eigenvalue weighted by atomic mass is 19.3. The van der Waals surface area contributed by atoms with Crippen LogP contribution in [0.5, 0.6) is 0 Å². The molecule has 5 rings (SSSR count). The Morgan fingerprint density at radius 3 is 2.65 bits per heavy atom. The number of hydrogen-bond acceptors (Lipinski definition) is 7. The molecule has 0 spiro atoms. The molecule has 0 N–H and O–H groups in total. The molecule has 1 aliphatic rings. The lowest BCUT2D eigenvalue weighted by Gasteiger charge is -2.31. The van der Waals surface area contributed by atoms with Crippen LogP contribution in [0.2, 0.25) is 0 Å². The summed E-state index contributed by atoms with van der Waals surface area (Å²) >= 11 is 0. The minimum absolute atomic E-state index is 0.135. The van der Waals surface area contributed by atoms with Gasteiger partial charge in [-0.3, -0.25) is 14.8 Å². The molecule has 0 unspecified atom stereocenters. The van der Waals surface area contributed by atoms with Crippen LogP contribution in [0.15, 0.2) is 41.6 Å². The van der Waals surface area contributed by atoms with Crippen molar-refractivity contribution >= 4 is 11.5 Å². The first-order valence-corrected chi connectivity index (χ1v) is 10.6. The van der Waals surface area contributed by atoms with Crippen LogP contribution in [-0.2, 0) is 13.0 Å². The summed E-state index contributed by atoms with van der Waals surface area (Å²) in [6.07, 6.45) is 2.83. The van der Waals surface area contributed by atoms with E-state index in [1.54, 1.807) is 25.4 Å². The predicted octanol–water partition coefficient (Wildman–Crippen LogP) is 3.54. The molecule has 0 saturated heterocycles. The van der Waals surface area contributed by atoms with Gasteiger partial charge in [-0.05, 0) is 31.5 Å². The molecule has 10 heteroatoms. The van der Waals surface area contributed by atoms with Crippen molar-refractivity contribution in [1.29, 1.82) is 5.26 Å². The molecule has 0 amide bonds. The van der Waals surface area contributed by atoms with E-state index in [-0.39, 0.29) is 5.65 Å². The second-order valence-electron chi connectivity index (χ2n) is 8.20. The third-order valence-corrected chi connectivity index (χ3v) is 6.11. The second kappa shape index (κ2) is 8.26. The van der Waals surface area contributed by atoms with E-state index in [2.05, 4.69) is 26.1 Å². The minimum atomic E-state index is -2.83. The molecule has 0 fully saturated rings. The summed E-state index contributed by atoms with van der Waals surface area (Å²) in [5.41, 5.74) is 4.44. The average molecular weight is 459 g/mol. The van der Waals surface area contributed by atoms with Crippen LogP contribution in [0, 0.1) is 25.2 Å². The first kappa shape index (κ1) is 21.6. The first-order chi connectivity index (χ1) is 16.4. The minimum Gasteiger partial charge on any atom is -0.350 e. The summed E-state index contributed by atoms with van der Waals surface area (Å²) in [4.78, 5) is 27.3. The van der Waals surface area contributed by atoms with Crippen molar-refractivity contribution in [2.75, 3.05) is 11.4 Å². The number of nitrogens with zero attached hydrogens (tertiary/aromatic N) is 7. The number of aryl methyl sites for hydroxylation is 1. The van der Waals surface area contributed by atoms with Crippen LogP contribution in [-0.4, -0.2) is 31.1 Å². The van der Waals surface area contributed by atoms with E-state index in [0.29, 0.717) is 36.5 Å². The SMILES string of the molecule is Cc1c(N2CCc3ncc(-c4cncc(C#N)c4)cc3C2)nn2c(=O)cc(C(F)F)nc2c1C. The Labute approximate surface area is 193 Å². The molecule has 4 aromatic heterocycles. The van der Waals surface area contributed by atoms with E-state index in [4.69, 9.17) is 5.26 Å². The van der Waals surface area contributed by atoms with Crippen LogP contribution in [0.4, 0.5) is 14.6 Å². The third kappa shape index (κ3) is 3.65. The third-order valence-electron chi connectivity index (χ3n) is 6.11. The Bertz CT molecular complexity index is 1540. The van der Waals surface area contributed by atoms with E-state index < -0.39 is 17.7 Å². The normalized spacial score (nSPS) is 13.2. The molecule has 0 radical (unpaired) electrons. The molecule has 0 atom stereocenters. The lowest BCUT2D eigenvalue weighted by atomic mass is 10.00. The lowest BCUT2D eigenvalue weighted by Crippen LogP contribution is -2.34. The van der Waals surface area contributed by atoms with Gasteiger partial charge in [0.2, 0.25) is 0 Å². The highest BCUT2D eigenvalue weighted by Gasteiger charge is 2.24. The van der Waals surface area contributed by atoms with Crippen molar-refractivity contribution in [3.05, 3.63) is 80.8 Å². The molecular weight excluding hydrogens is 440 g/mol. The van der Waals surface area contributed by atoms with Crippen molar-refractivity contribution in [3.63, 3.8) is 0 Å². The molecular formula is C24H19F2N7O. The zero-order chi connectivity index (χ0) is 24.0. The Hall–Kier alpha value is -4.26. The van der Waals surface area contributed by atoms with Crippen LogP contribution in [0.25, 0.3) is 16.8 Å². The highest BCUT2D eigenvalue weighted by molar-refractivity contribution is 5.65. The summed E-state index contributed by atoms with van der Waals surface area (Å²) in [7, 11) is 0. The highest BCUT2D eigenvalue weighted by Crippen LogP contribution is 2.30. The number of fused-ring (bicyclic) bond motifs is 2. The topological polar surface area (TPSA) is 100 Å². The Morgan fingerprint density at radius 1 is 1.09 bits per heavy atom. The van der Waals surface area contributed by atoms with Gasteiger partial charge in [-0.15, -0.1) is 5.10 Å². The molecule has 8 nitrogen and oxygen atoms in total. The van der Waals surface area contributed by atoms with Crippen molar-refractivity contribution < 1.29 is 8.78 Å². The van der Waals surface area contributed by atoms with Gasteiger partial charge in [-0.25, -0.2) is 13.8 Å². The Kier molecular flexibility index (Phi) is 5.24. The zero-order valence-electron chi connectivity index (χ0n) is 18.5. The quantitative estimate of drug-likeness (QED) is 0.462. The lowest BCUT2D eigenvalue weighted by molar-refractivity contribution is 0.146. The van der Waals surface area contributed by atoms with Crippen molar-refractivity contribution in [3.8, 4) is 17.2 Å². The van der Waals surface area contributed by atoms with Gasteiger partial charge in [0, 0.05) is 72.1 Å². The fourth-order valence-electron chi connectivity index (χ4n) is 4.17. The number of alkyl halides is 2. The van der Waals surface area contributed by atoms with Crippen molar-refractivity contribution in [2.24, 2.45) is 0 Å². The number of anilines is 1. The molecule has 0 bridgehead atoms. The van der Waals surface area contributed by atoms with E-state index in [1.807, 2.05) is 17.9 Å². The number of halogens is 2. The van der Waals surface area contributed by atoms with Crippen molar-refractivity contribution in [2.45, 2.75) is 33.2 Å². The van der Waals surface area contributed by atoms with Crippen LogP contribution < -0.4 is 10.5 Å². The van der Waals surface area contributed by atoms with Gasteiger partial charge in [0.25, 0.3) is 12.0 Å². The molecule has 5 heterocycles. The molecule has 34 heavy (non-hydrogen) atoms. The molecule has 0 saturated carbocycles. The van der Waals surface area contributed by atoms with E-state index in [1.165, 1.54) is 6.20 Å². The zero-order valence-corrected chi connectivity index (χ0v) is 18.5. The smallest absolute Gasteiger partial charge is 0.280 e. The van der Waals surface area contributed by atoms with Gasteiger partial charge >= 0.3 is 0 Å². The molecule has 0 aliphatic carbocycles. The monoisotopic (exact) mass is 459 g/mol. The second-order valence-corrected chi connectivity index (χ2v) is 8.20. The van der Waals surface area contributed by atoms with Gasteiger partial charge < -0.3 is 4.90 Å². The average Bonchev–Trinajstić information content (AvgIpc) is 2.85. The maximum absolute atomic E-state index is 13.2. The van der Waals surface area contributed by atoms with E-state index >= 15 is 0 Å². The summed E-state index contributed by atoms with van der Waals surface area (Å²) in [5, 5.41) is 13.7. The van der Waals surface area contributed by atoms with Crippen LogP contribution >= 0.6 is 0 Å². The van der Waals surface area contributed by atoms with Gasteiger partial charge in [0.1, 0.15) is 11.8 Å². The standard InChI is InChI=1S/C24H19F2N7O/c1-13-14(2)24(31-33-21(34)7-20(22(25)26)30-23(13)33)32-4-3-19-18(12-32)6-17(11-29-19)16-5-15(8-27)9-28-10-16/h5-7,9-11,22H,3-4,12H2,1-2H3. The summed E-state index contributed by atoms with van der Waals surface area (Å²) < 4.78 is 27.4. The van der Waals surface area contributed by atoms with Crippen LogP contribution in [0.1, 0.15) is 40.1 Å². The molecule has 0 aromatic carbocycles. The fourth-order valence-corrected chi connectivity index (χ4v) is 4.17. The number of hydrogen-bond donors (Lipinski definition) is 0. The number of rotatable bonds is 3. The predicted molar refractivity (Wildman–Crippen MR) is 121 cm³/mol. The number of pyridine rings is 2. The molecule has 1 aliphatic heterocycles. The fraction of sp³-hybridized carbons (Fsp3) is 0.250. The van der Waals surface area contributed by atoms with Crippen LogP contribution in [0.3, 0.4) is 0 Å². The van der Waals surface area contributed by atoms with Gasteiger partial charge in [-0.1, -0.05) is 0 Å². The first-order valence-electron chi connectivity index (χ1n) is 10.6. The van der Waals surface area contributed by atoms with E-state index in [9.17, 15) is 13.6 Å². The van der Waals surface area contributed by atoms with Gasteiger partial charge in [0.05, 0.1) is 5.56 Å². The maximum atomic E-state index is 13.2.